The Hall–Kier alpha value is -0.120. The van der Waals surface area contributed by atoms with E-state index < -0.39 is 5.41 Å². The van der Waals surface area contributed by atoms with Gasteiger partial charge in [0.2, 0.25) is 0 Å². The lowest BCUT2D eigenvalue weighted by Crippen LogP contribution is -2.40. The van der Waals surface area contributed by atoms with E-state index in [1.54, 1.807) is 0 Å². The van der Waals surface area contributed by atoms with Crippen molar-refractivity contribution in [1.29, 1.82) is 0 Å². The van der Waals surface area contributed by atoms with Crippen LogP contribution in [0.1, 0.15) is 180 Å². The monoisotopic (exact) mass is 511 g/mol. The summed E-state index contributed by atoms with van der Waals surface area (Å²) in [6, 6.07) is 0. The Morgan fingerprint density at radius 3 is 0.861 bits per heavy atom. The normalized spacial score (nSPS) is 25.6. The van der Waals surface area contributed by atoms with Crippen LogP contribution in [-0.4, -0.2) is 35.1 Å². The molecule has 216 valence electrons. The summed E-state index contributed by atoms with van der Waals surface area (Å²) in [6.45, 7) is 0.0740. The lowest BCUT2D eigenvalue weighted by atomic mass is 9.71. The molecule has 1 fully saturated rings. The summed E-state index contributed by atoms with van der Waals surface area (Å²) in [5.74, 6) is 0.0211. The average molecular weight is 511 g/mol. The molecule has 1 rings (SSSR count). The van der Waals surface area contributed by atoms with E-state index in [4.69, 9.17) is 0 Å². The van der Waals surface area contributed by atoms with Crippen LogP contribution >= 0.6 is 0 Å². The summed E-state index contributed by atoms with van der Waals surface area (Å²) in [7, 11) is 0. The Morgan fingerprint density at radius 1 is 0.361 bits per heavy atom. The molecule has 0 saturated heterocycles. The highest BCUT2D eigenvalue weighted by Gasteiger charge is 2.36. The summed E-state index contributed by atoms with van der Waals surface area (Å²) in [6.07, 6.45) is 37.1. The maximum atomic E-state index is 10.2. The van der Waals surface area contributed by atoms with E-state index >= 15 is 0 Å². The van der Waals surface area contributed by atoms with Crippen LogP contribution in [0.3, 0.4) is 0 Å². The van der Waals surface area contributed by atoms with E-state index in [-0.39, 0.29) is 25.7 Å². The van der Waals surface area contributed by atoms with E-state index in [0.29, 0.717) is 0 Å². The molecule has 0 aromatic rings. The van der Waals surface area contributed by atoms with Crippen LogP contribution in [0.2, 0.25) is 0 Å². The first kappa shape index (κ1) is 33.9. The molecule has 0 aromatic heterocycles. The molecular weight excluding hydrogens is 444 g/mol. The summed E-state index contributed by atoms with van der Waals surface area (Å²) >= 11 is 0. The molecule has 0 heterocycles. The van der Waals surface area contributed by atoms with Crippen LogP contribution in [0, 0.1) is 11.3 Å². The average Bonchev–Trinajstić information content (AvgIpc) is 2.90. The Balaban J connectivity index is 2.36. The molecule has 0 radical (unpaired) electrons. The van der Waals surface area contributed by atoms with Crippen molar-refractivity contribution in [2.24, 2.45) is 11.3 Å². The van der Waals surface area contributed by atoms with Crippen molar-refractivity contribution >= 4 is 0 Å². The highest BCUT2D eigenvalue weighted by molar-refractivity contribution is 4.85. The zero-order valence-electron chi connectivity index (χ0n) is 24.3. The number of rotatable bonds is 3. The van der Waals surface area contributed by atoms with Crippen LogP contribution in [-0.2, 0) is 0 Å². The first-order valence-corrected chi connectivity index (χ1v) is 16.6. The molecule has 3 N–H and O–H groups in total. The fourth-order valence-electron chi connectivity index (χ4n) is 6.37. The predicted octanol–water partition coefficient (Wildman–Crippen LogP) is 9.50. The van der Waals surface area contributed by atoms with Crippen molar-refractivity contribution in [1.82, 2.24) is 0 Å². The molecule has 3 heteroatoms. The molecule has 1 saturated carbocycles. The minimum absolute atomic E-state index is 0.00523. The van der Waals surface area contributed by atoms with Gasteiger partial charge in [-0.25, -0.2) is 0 Å². The van der Waals surface area contributed by atoms with Gasteiger partial charge in [-0.15, -0.1) is 0 Å². The lowest BCUT2D eigenvalue weighted by molar-refractivity contribution is -0.0303. The molecule has 1 unspecified atom stereocenters. The third-order valence-electron chi connectivity index (χ3n) is 9.19. The van der Waals surface area contributed by atoms with E-state index in [9.17, 15) is 15.3 Å². The molecule has 0 bridgehead atoms. The van der Waals surface area contributed by atoms with Crippen LogP contribution < -0.4 is 0 Å². The van der Waals surface area contributed by atoms with Crippen molar-refractivity contribution in [2.45, 2.75) is 180 Å². The standard InChI is InChI=1S/C33H66O3/c34-29-32-27-25-23-21-19-17-15-13-11-9-7-5-3-1-2-4-6-8-10-12-14-16-18-20-22-24-26-28-33(32,30-35)31-36/h32,34-36H,1-31H2. The summed E-state index contributed by atoms with van der Waals surface area (Å²) in [5.41, 5.74) is -0.505. The smallest absolute Gasteiger partial charge is 0.0512 e. The summed E-state index contributed by atoms with van der Waals surface area (Å²) in [4.78, 5) is 0. The van der Waals surface area contributed by atoms with E-state index in [0.717, 1.165) is 25.7 Å². The fourth-order valence-corrected chi connectivity index (χ4v) is 6.37. The predicted molar refractivity (Wildman–Crippen MR) is 156 cm³/mol. The van der Waals surface area contributed by atoms with Crippen molar-refractivity contribution in [2.75, 3.05) is 19.8 Å². The van der Waals surface area contributed by atoms with Crippen molar-refractivity contribution < 1.29 is 15.3 Å². The summed E-state index contributed by atoms with van der Waals surface area (Å²) < 4.78 is 0. The number of aliphatic hydroxyl groups is 3. The molecule has 3 nitrogen and oxygen atoms in total. The molecule has 0 spiro atoms. The SMILES string of the molecule is OCC1CCCCCCCCCCCCCCCCCCCCCCCCCCCCC1(CO)CO. The van der Waals surface area contributed by atoms with Gasteiger partial charge in [0, 0.05) is 12.0 Å². The molecule has 0 aromatic carbocycles. The van der Waals surface area contributed by atoms with Crippen LogP contribution in [0.25, 0.3) is 0 Å². The zero-order chi connectivity index (χ0) is 26.0. The maximum Gasteiger partial charge on any atom is 0.0512 e. The minimum atomic E-state index is -0.505. The zero-order valence-corrected chi connectivity index (χ0v) is 24.3. The summed E-state index contributed by atoms with van der Waals surface area (Å²) in [5, 5.41) is 30.4. The largest absolute Gasteiger partial charge is 0.396 e. The number of hydrogen-bond acceptors (Lipinski definition) is 3. The number of hydrogen-bond donors (Lipinski definition) is 3. The van der Waals surface area contributed by atoms with Gasteiger partial charge >= 0.3 is 0 Å². The van der Waals surface area contributed by atoms with Gasteiger partial charge in [0.15, 0.2) is 0 Å². The second kappa shape index (κ2) is 25.2. The van der Waals surface area contributed by atoms with Crippen LogP contribution in [0.15, 0.2) is 0 Å². The fraction of sp³-hybridized carbons (Fsp3) is 1.00. The van der Waals surface area contributed by atoms with Gasteiger partial charge in [0.25, 0.3) is 0 Å². The van der Waals surface area contributed by atoms with Gasteiger partial charge in [0.1, 0.15) is 0 Å². The Labute approximate surface area is 226 Å². The van der Waals surface area contributed by atoms with Crippen LogP contribution in [0.4, 0.5) is 0 Å². The van der Waals surface area contributed by atoms with Gasteiger partial charge in [0.05, 0.1) is 13.2 Å². The Morgan fingerprint density at radius 2 is 0.611 bits per heavy atom. The molecule has 0 aliphatic heterocycles. The number of aliphatic hydroxyl groups excluding tert-OH is 3. The lowest BCUT2D eigenvalue weighted by Gasteiger charge is -2.37. The minimum Gasteiger partial charge on any atom is -0.396 e. The first-order chi connectivity index (χ1) is 17.8. The molecule has 1 aliphatic carbocycles. The quantitative estimate of drug-likeness (QED) is 0.354. The molecule has 1 atom stereocenters. The van der Waals surface area contributed by atoms with Crippen molar-refractivity contribution in [3.63, 3.8) is 0 Å². The maximum absolute atomic E-state index is 10.2. The van der Waals surface area contributed by atoms with Gasteiger partial charge in [-0.3, -0.25) is 0 Å². The second-order valence-electron chi connectivity index (χ2n) is 12.3. The molecule has 0 amide bonds. The van der Waals surface area contributed by atoms with Crippen molar-refractivity contribution in [3.8, 4) is 0 Å². The molecule has 1 aliphatic rings. The van der Waals surface area contributed by atoms with E-state index in [1.165, 1.54) is 154 Å². The highest BCUT2D eigenvalue weighted by atomic mass is 16.3. The topological polar surface area (TPSA) is 60.7 Å². The van der Waals surface area contributed by atoms with Gasteiger partial charge in [-0.1, -0.05) is 167 Å². The molecule has 36 heavy (non-hydrogen) atoms. The van der Waals surface area contributed by atoms with Gasteiger partial charge in [-0.05, 0) is 18.8 Å². The van der Waals surface area contributed by atoms with Gasteiger partial charge < -0.3 is 15.3 Å². The van der Waals surface area contributed by atoms with Crippen molar-refractivity contribution in [3.05, 3.63) is 0 Å². The van der Waals surface area contributed by atoms with Gasteiger partial charge in [-0.2, -0.15) is 0 Å². The first-order valence-electron chi connectivity index (χ1n) is 16.6. The Bertz CT molecular complexity index is 435. The van der Waals surface area contributed by atoms with Crippen LogP contribution in [0.5, 0.6) is 0 Å². The highest BCUT2D eigenvalue weighted by Crippen LogP contribution is 2.36. The van der Waals surface area contributed by atoms with E-state index in [2.05, 4.69) is 0 Å². The Kier molecular flexibility index (Phi) is 23.7. The van der Waals surface area contributed by atoms with E-state index in [1.807, 2.05) is 0 Å². The third kappa shape index (κ3) is 17.4. The second-order valence-corrected chi connectivity index (χ2v) is 12.3. The molecular formula is C33H66O3. The third-order valence-corrected chi connectivity index (χ3v) is 9.19.